The van der Waals surface area contributed by atoms with Crippen molar-refractivity contribution in [3.63, 3.8) is 0 Å². The van der Waals surface area contributed by atoms with Crippen LogP contribution in [0.1, 0.15) is 41.6 Å². The zero-order valence-electron chi connectivity index (χ0n) is 13.3. The van der Waals surface area contributed by atoms with Gasteiger partial charge in [-0.15, -0.1) is 0 Å². The van der Waals surface area contributed by atoms with Crippen LogP contribution >= 0.6 is 0 Å². The van der Waals surface area contributed by atoms with Crippen LogP contribution in [0.5, 0.6) is 5.75 Å². The number of rotatable bonds is 6. The first-order valence-electron chi connectivity index (χ1n) is 7.45. The normalized spacial score (nSPS) is 12.2. The molecule has 0 bridgehead atoms. The zero-order valence-corrected chi connectivity index (χ0v) is 13.3. The molecule has 0 aliphatic carbocycles. The van der Waals surface area contributed by atoms with Crippen LogP contribution in [0, 0.1) is 13.8 Å². The lowest BCUT2D eigenvalue weighted by Crippen LogP contribution is -2.24. The van der Waals surface area contributed by atoms with Gasteiger partial charge in [-0.3, -0.25) is 4.98 Å². The van der Waals surface area contributed by atoms with E-state index >= 15 is 0 Å². The van der Waals surface area contributed by atoms with Gasteiger partial charge in [0.15, 0.2) is 0 Å². The summed E-state index contributed by atoms with van der Waals surface area (Å²) in [5.74, 6) is 0.914. The maximum atomic E-state index is 5.56. The highest BCUT2D eigenvalue weighted by molar-refractivity contribution is 5.45. The lowest BCUT2D eigenvalue weighted by molar-refractivity contribution is 0.403. The molecule has 0 saturated carbocycles. The number of aryl methyl sites for hydroxylation is 2. The van der Waals surface area contributed by atoms with E-state index in [4.69, 9.17) is 4.74 Å². The van der Waals surface area contributed by atoms with Crippen molar-refractivity contribution in [2.24, 2.45) is 0 Å². The fourth-order valence-electron chi connectivity index (χ4n) is 2.53. The number of methoxy groups -OCH3 is 1. The van der Waals surface area contributed by atoms with Gasteiger partial charge in [-0.2, -0.15) is 0 Å². The minimum Gasteiger partial charge on any atom is -0.496 e. The Balaban J connectivity index is 2.50. The number of nitrogens with zero attached hydrogens (tertiary/aromatic N) is 1. The number of pyridine rings is 1. The summed E-state index contributed by atoms with van der Waals surface area (Å²) in [5.41, 5.74) is 4.84. The molecule has 2 rings (SSSR count). The Kier molecular flexibility index (Phi) is 5.34. The van der Waals surface area contributed by atoms with Crippen LogP contribution in [0.15, 0.2) is 36.7 Å². The first-order chi connectivity index (χ1) is 10.2. The summed E-state index contributed by atoms with van der Waals surface area (Å²) in [6.45, 7) is 7.36. The van der Waals surface area contributed by atoms with Crippen molar-refractivity contribution in [2.45, 2.75) is 33.2 Å². The van der Waals surface area contributed by atoms with Crippen molar-refractivity contribution >= 4 is 0 Å². The molecule has 112 valence electrons. The first-order valence-corrected chi connectivity index (χ1v) is 7.45. The second kappa shape index (κ2) is 7.23. The number of nitrogens with one attached hydrogen (secondary N) is 1. The predicted molar refractivity (Wildman–Crippen MR) is 86.8 cm³/mol. The van der Waals surface area contributed by atoms with Gasteiger partial charge in [-0.1, -0.05) is 24.6 Å². The van der Waals surface area contributed by atoms with Gasteiger partial charge >= 0.3 is 0 Å². The highest BCUT2D eigenvalue weighted by Gasteiger charge is 2.19. The van der Waals surface area contributed by atoms with Crippen molar-refractivity contribution in [3.05, 3.63) is 58.9 Å². The summed E-state index contributed by atoms with van der Waals surface area (Å²) >= 11 is 0. The maximum absolute atomic E-state index is 5.56. The average Bonchev–Trinajstić information content (AvgIpc) is 2.49. The summed E-state index contributed by atoms with van der Waals surface area (Å²) < 4.78 is 5.56. The van der Waals surface area contributed by atoms with Gasteiger partial charge in [0.1, 0.15) is 5.75 Å². The molecule has 1 unspecified atom stereocenters. The fourth-order valence-corrected chi connectivity index (χ4v) is 2.53. The number of benzene rings is 1. The summed E-state index contributed by atoms with van der Waals surface area (Å²) in [4.78, 5) is 4.30. The largest absolute Gasteiger partial charge is 0.496 e. The Bertz CT molecular complexity index is 596. The van der Waals surface area contributed by atoms with Crippen molar-refractivity contribution in [2.75, 3.05) is 13.7 Å². The monoisotopic (exact) mass is 284 g/mol. The van der Waals surface area contributed by atoms with E-state index < -0.39 is 0 Å². The molecule has 3 heteroatoms. The number of aromatic nitrogens is 1. The van der Waals surface area contributed by atoms with E-state index in [2.05, 4.69) is 49.3 Å². The zero-order chi connectivity index (χ0) is 15.2. The first kappa shape index (κ1) is 15.5. The summed E-state index contributed by atoms with van der Waals surface area (Å²) in [6.07, 6.45) is 4.87. The minimum absolute atomic E-state index is 0.105. The van der Waals surface area contributed by atoms with Crippen LogP contribution in [0.25, 0.3) is 0 Å². The molecule has 0 radical (unpaired) electrons. The Morgan fingerprint density at radius 1 is 1.19 bits per heavy atom. The van der Waals surface area contributed by atoms with E-state index in [1.54, 1.807) is 7.11 Å². The number of hydrogen-bond acceptors (Lipinski definition) is 3. The summed E-state index contributed by atoms with van der Waals surface area (Å²) in [6, 6.07) is 8.47. The van der Waals surface area contributed by atoms with Crippen molar-refractivity contribution in [1.82, 2.24) is 10.3 Å². The molecule has 1 heterocycles. The number of hydrogen-bond donors (Lipinski definition) is 1. The average molecular weight is 284 g/mol. The fraction of sp³-hybridized carbons (Fsp3) is 0.389. The number of ether oxygens (including phenoxy) is 1. The molecule has 0 fully saturated rings. The lowest BCUT2D eigenvalue weighted by Gasteiger charge is -2.23. The molecule has 1 N–H and O–H groups in total. The molecule has 0 aliphatic heterocycles. The van der Waals surface area contributed by atoms with Gasteiger partial charge in [0.05, 0.1) is 13.2 Å². The van der Waals surface area contributed by atoms with Crippen LogP contribution < -0.4 is 10.1 Å². The van der Waals surface area contributed by atoms with Crippen molar-refractivity contribution in [3.8, 4) is 5.75 Å². The van der Waals surface area contributed by atoms with Crippen LogP contribution in [-0.2, 0) is 0 Å². The Morgan fingerprint density at radius 2 is 2.00 bits per heavy atom. The van der Waals surface area contributed by atoms with E-state index in [-0.39, 0.29) is 6.04 Å². The minimum atomic E-state index is 0.105. The molecule has 1 aromatic carbocycles. The molecule has 1 atom stereocenters. The molecule has 0 saturated heterocycles. The molecule has 21 heavy (non-hydrogen) atoms. The molecule has 1 aromatic heterocycles. The standard InChI is InChI=1S/C18H24N2O/c1-5-9-20-18(16-12-19-10-8-14(16)3)15-11-13(2)6-7-17(15)21-4/h6-8,10-12,18,20H,5,9H2,1-4H3. The summed E-state index contributed by atoms with van der Waals surface area (Å²) in [5, 5.41) is 3.62. The Labute approximate surface area is 127 Å². The Hall–Kier alpha value is -1.87. The molecular formula is C18H24N2O. The molecule has 0 amide bonds. The van der Waals surface area contributed by atoms with Crippen molar-refractivity contribution in [1.29, 1.82) is 0 Å². The van der Waals surface area contributed by atoms with Crippen LogP contribution in [0.4, 0.5) is 0 Å². The van der Waals surface area contributed by atoms with E-state index in [1.165, 1.54) is 22.3 Å². The van der Waals surface area contributed by atoms with E-state index in [9.17, 15) is 0 Å². The SMILES string of the molecule is CCCNC(c1cnccc1C)c1cc(C)ccc1OC. The van der Waals surface area contributed by atoms with Crippen LogP contribution in [0.3, 0.4) is 0 Å². The van der Waals surface area contributed by atoms with Gasteiger partial charge < -0.3 is 10.1 Å². The predicted octanol–water partition coefficient (Wildman–Crippen LogP) is 3.80. The van der Waals surface area contributed by atoms with E-state index in [0.29, 0.717) is 0 Å². The third-order valence-corrected chi connectivity index (χ3v) is 3.69. The van der Waals surface area contributed by atoms with Gasteiger partial charge in [0.2, 0.25) is 0 Å². The third-order valence-electron chi connectivity index (χ3n) is 3.69. The van der Waals surface area contributed by atoms with Crippen LogP contribution in [0.2, 0.25) is 0 Å². The third kappa shape index (κ3) is 3.61. The van der Waals surface area contributed by atoms with Crippen molar-refractivity contribution < 1.29 is 4.74 Å². The highest BCUT2D eigenvalue weighted by atomic mass is 16.5. The molecule has 2 aromatic rings. The van der Waals surface area contributed by atoms with Gasteiger partial charge in [0, 0.05) is 18.0 Å². The second-order valence-corrected chi connectivity index (χ2v) is 5.36. The topological polar surface area (TPSA) is 34.2 Å². The van der Waals surface area contributed by atoms with Crippen LogP contribution in [-0.4, -0.2) is 18.6 Å². The lowest BCUT2D eigenvalue weighted by atomic mass is 9.94. The molecular weight excluding hydrogens is 260 g/mol. The maximum Gasteiger partial charge on any atom is 0.124 e. The second-order valence-electron chi connectivity index (χ2n) is 5.36. The Morgan fingerprint density at radius 3 is 2.67 bits per heavy atom. The van der Waals surface area contributed by atoms with E-state index in [1.807, 2.05) is 18.5 Å². The quantitative estimate of drug-likeness (QED) is 0.876. The smallest absolute Gasteiger partial charge is 0.124 e. The van der Waals surface area contributed by atoms with Gasteiger partial charge in [0.25, 0.3) is 0 Å². The summed E-state index contributed by atoms with van der Waals surface area (Å²) in [7, 11) is 1.72. The molecule has 3 nitrogen and oxygen atoms in total. The van der Waals surface area contributed by atoms with Gasteiger partial charge in [-0.05, 0) is 50.1 Å². The molecule has 0 spiro atoms. The van der Waals surface area contributed by atoms with Gasteiger partial charge in [-0.25, -0.2) is 0 Å². The highest BCUT2D eigenvalue weighted by Crippen LogP contribution is 2.32. The van der Waals surface area contributed by atoms with E-state index in [0.717, 1.165) is 18.7 Å². The molecule has 0 aliphatic rings.